The number of rotatable bonds is 2. The summed E-state index contributed by atoms with van der Waals surface area (Å²) >= 11 is 0. The largest absolute Gasteiger partial charge is 0.503 e. The molecule has 0 fully saturated rings. The first-order chi connectivity index (χ1) is 5.88. The molecular weight excluding hydrogens is 150 g/mol. The first-order valence-corrected chi connectivity index (χ1v) is 3.57. The summed E-state index contributed by atoms with van der Waals surface area (Å²) in [6.07, 6.45) is 1.44. The lowest BCUT2D eigenvalue weighted by atomic mass is 10.1. The molecule has 0 spiro atoms. The van der Waals surface area contributed by atoms with Crippen LogP contribution in [0.15, 0.2) is 36.6 Å². The molecule has 0 aliphatic rings. The highest BCUT2D eigenvalue weighted by Crippen LogP contribution is 2.11. The summed E-state index contributed by atoms with van der Waals surface area (Å²) < 4.78 is 4.76. The van der Waals surface area contributed by atoms with Crippen molar-refractivity contribution >= 4 is 5.57 Å². The van der Waals surface area contributed by atoms with E-state index >= 15 is 0 Å². The summed E-state index contributed by atoms with van der Waals surface area (Å²) in [7, 11) is 1.53. The molecule has 1 rings (SSSR count). The van der Waals surface area contributed by atoms with Crippen molar-refractivity contribution in [2.75, 3.05) is 7.11 Å². The molecule has 2 heteroatoms. The molecule has 0 aliphatic heterocycles. The third-order valence-electron chi connectivity index (χ3n) is 1.44. The molecule has 0 aromatic heterocycles. The van der Waals surface area contributed by atoms with Gasteiger partial charge in [0.05, 0.1) is 12.7 Å². The molecule has 0 N–H and O–H groups in total. The van der Waals surface area contributed by atoms with E-state index in [-0.39, 0.29) is 0 Å². The summed E-state index contributed by atoms with van der Waals surface area (Å²) in [6, 6.07) is 11.5. The van der Waals surface area contributed by atoms with Gasteiger partial charge in [0, 0.05) is 0 Å². The number of methoxy groups -OCH3 is 1. The molecule has 0 heterocycles. The highest BCUT2D eigenvalue weighted by atomic mass is 16.5. The van der Waals surface area contributed by atoms with Crippen molar-refractivity contribution in [3.8, 4) is 6.07 Å². The van der Waals surface area contributed by atoms with E-state index in [1.807, 2.05) is 30.3 Å². The summed E-state index contributed by atoms with van der Waals surface area (Å²) in [5.41, 5.74) is 1.42. The smallest absolute Gasteiger partial charge is 0.103 e. The molecule has 1 aromatic carbocycles. The van der Waals surface area contributed by atoms with Crippen molar-refractivity contribution in [3.05, 3.63) is 42.2 Å². The normalized spacial score (nSPS) is 10.5. The Balaban J connectivity index is 2.98. The molecule has 1 aromatic rings. The lowest BCUT2D eigenvalue weighted by Crippen LogP contribution is -1.80. The van der Waals surface area contributed by atoms with Gasteiger partial charge in [0.15, 0.2) is 0 Å². The second-order valence-electron chi connectivity index (χ2n) is 2.25. The van der Waals surface area contributed by atoms with E-state index in [4.69, 9.17) is 10.00 Å². The fourth-order valence-electron chi connectivity index (χ4n) is 0.895. The van der Waals surface area contributed by atoms with Crippen molar-refractivity contribution in [1.82, 2.24) is 0 Å². The van der Waals surface area contributed by atoms with Crippen LogP contribution in [0.1, 0.15) is 5.56 Å². The fourth-order valence-corrected chi connectivity index (χ4v) is 0.895. The molecule has 0 unspecified atom stereocenters. The number of nitriles is 1. The SMILES string of the molecule is CO/C=C(/C#N)c1ccccc1. The van der Waals surface area contributed by atoms with Gasteiger partial charge in [-0.25, -0.2) is 0 Å². The summed E-state index contributed by atoms with van der Waals surface area (Å²) in [5.74, 6) is 0. The third kappa shape index (κ3) is 1.86. The zero-order valence-corrected chi connectivity index (χ0v) is 6.82. The number of hydrogen-bond donors (Lipinski definition) is 0. The van der Waals surface area contributed by atoms with Crippen LogP contribution in [-0.4, -0.2) is 7.11 Å². The Morgan fingerprint density at radius 1 is 1.42 bits per heavy atom. The second-order valence-corrected chi connectivity index (χ2v) is 2.25. The Bertz CT molecular complexity index is 308. The van der Waals surface area contributed by atoms with Crippen molar-refractivity contribution in [2.45, 2.75) is 0 Å². The summed E-state index contributed by atoms with van der Waals surface area (Å²) in [4.78, 5) is 0. The fraction of sp³-hybridized carbons (Fsp3) is 0.100. The quantitative estimate of drug-likeness (QED) is 0.489. The molecule has 0 saturated carbocycles. The number of allylic oxidation sites excluding steroid dienone is 1. The molecule has 0 atom stereocenters. The maximum absolute atomic E-state index is 8.71. The maximum atomic E-state index is 8.71. The average molecular weight is 159 g/mol. The minimum Gasteiger partial charge on any atom is -0.503 e. The zero-order chi connectivity index (χ0) is 8.81. The van der Waals surface area contributed by atoms with Gasteiger partial charge in [-0.1, -0.05) is 30.3 Å². The minimum atomic E-state index is 0.540. The highest BCUT2D eigenvalue weighted by Gasteiger charge is 1.97. The Morgan fingerprint density at radius 2 is 2.08 bits per heavy atom. The first-order valence-electron chi connectivity index (χ1n) is 3.57. The Kier molecular flexibility index (Phi) is 2.92. The van der Waals surface area contributed by atoms with Gasteiger partial charge in [-0.05, 0) is 5.56 Å². The second kappa shape index (κ2) is 4.20. The van der Waals surface area contributed by atoms with Gasteiger partial charge in [0.25, 0.3) is 0 Å². The van der Waals surface area contributed by atoms with Crippen LogP contribution in [0.2, 0.25) is 0 Å². The number of ether oxygens (including phenoxy) is 1. The third-order valence-corrected chi connectivity index (χ3v) is 1.44. The van der Waals surface area contributed by atoms with Crippen molar-refractivity contribution in [3.63, 3.8) is 0 Å². The van der Waals surface area contributed by atoms with Crippen LogP contribution in [0, 0.1) is 11.3 Å². The van der Waals surface area contributed by atoms with E-state index < -0.39 is 0 Å². The maximum Gasteiger partial charge on any atom is 0.103 e. The minimum absolute atomic E-state index is 0.540. The van der Waals surface area contributed by atoms with E-state index in [1.165, 1.54) is 13.4 Å². The van der Waals surface area contributed by atoms with E-state index in [0.717, 1.165) is 5.56 Å². The van der Waals surface area contributed by atoms with Gasteiger partial charge in [-0.15, -0.1) is 0 Å². The summed E-state index contributed by atoms with van der Waals surface area (Å²) in [6.45, 7) is 0. The van der Waals surface area contributed by atoms with Crippen molar-refractivity contribution in [2.24, 2.45) is 0 Å². The number of benzene rings is 1. The lowest BCUT2D eigenvalue weighted by Gasteiger charge is -1.96. The standard InChI is InChI=1S/C10H9NO/c1-12-8-10(7-11)9-5-3-2-4-6-9/h2-6,8H,1H3/b10-8-. The van der Waals surface area contributed by atoms with Gasteiger partial charge in [0.1, 0.15) is 12.3 Å². The molecule has 0 saturated heterocycles. The molecule has 60 valence electrons. The van der Waals surface area contributed by atoms with Crippen LogP contribution in [-0.2, 0) is 4.74 Å². The van der Waals surface area contributed by atoms with Gasteiger partial charge < -0.3 is 4.74 Å². The van der Waals surface area contributed by atoms with Gasteiger partial charge in [0.2, 0.25) is 0 Å². The van der Waals surface area contributed by atoms with Crippen molar-refractivity contribution in [1.29, 1.82) is 5.26 Å². The average Bonchev–Trinajstić information content (AvgIpc) is 2.15. The molecule has 2 nitrogen and oxygen atoms in total. The van der Waals surface area contributed by atoms with Crippen LogP contribution in [0.5, 0.6) is 0 Å². The molecular formula is C10H9NO. The Labute approximate surface area is 71.7 Å². The molecule has 0 radical (unpaired) electrons. The first kappa shape index (κ1) is 8.35. The van der Waals surface area contributed by atoms with Crippen LogP contribution in [0.4, 0.5) is 0 Å². The van der Waals surface area contributed by atoms with Gasteiger partial charge in [-0.3, -0.25) is 0 Å². The van der Waals surface area contributed by atoms with Crippen LogP contribution < -0.4 is 0 Å². The van der Waals surface area contributed by atoms with E-state index in [0.29, 0.717) is 5.57 Å². The van der Waals surface area contributed by atoms with Crippen LogP contribution >= 0.6 is 0 Å². The van der Waals surface area contributed by atoms with Gasteiger partial charge >= 0.3 is 0 Å². The van der Waals surface area contributed by atoms with Crippen LogP contribution in [0.25, 0.3) is 5.57 Å². The molecule has 12 heavy (non-hydrogen) atoms. The predicted molar refractivity (Wildman–Crippen MR) is 47.0 cm³/mol. The van der Waals surface area contributed by atoms with E-state index in [1.54, 1.807) is 0 Å². The van der Waals surface area contributed by atoms with E-state index in [9.17, 15) is 0 Å². The predicted octanol–water partition coefficient (Wildman–Crippen LogP) is 2.20. The van der Waals surface area contributed by atoms with E-state index in [2.05, 4.69) is 6.07 Å². The van der Waals surface area contributed by atoms with Gasteiger partial charge in [-0.2, -0.15) is 5.26 Å². The highest BCUT2D eigenvalue weighted by molar-refractivity contribution is 5.75. The molecule has 0 amide bonds. The number of hydrogen-bond acceptors (Lipinski definition) is 2. The lowest BCUT2D eigenvalue weighted by molar-refractivity contribution is 0.340. The monoisotopic (exact) mass is 159 g/mol. The zero-order valence-electron chi connectivity index (χ0n) is 6.82. The van der Waals surface area contributed by atoms with Crippen LogP contribution in [0.3, 0.4) is 0 Å². The molecule has 0 aliphatic carbocycles. The Morgan fingerprint density at radius 3 is 2.58 bits per heavy atom. The van der Waals surface area contributed by atoms with Crippen molar-refractivity contribution < 1.29 is 4.74 Å². The Hall–Kier alpha value is -1.75. The number of nitrogens with zero attached hydrogens (tertiary/aromatic N) is 1. The molecule has 0 bridgehead atoms. The topological polar surface area (TPSA) is 33.0 Å². The summed E-state index contributed by atoms with van der Waals surface area (Å²) in [5, 5.41) is 8.71.